The normalized spacial score (nSPS) is 34.5. The van der Waals surface area contributed by atoms with Crippen LogP contribution in [0.3, 0.4) is 0 Å². The van der Waals surface area contributed by atoms with E-state index in [4.69, 9.17) is 18.4 Å². The zero-order valence-electron chi connectivity index (χ0n) is 15.4. The standard InChI is InChI=1S/C17H20O7S4/c1-9-4-6-10(7-5-9)28(19,20)24-13-12(11-8-25-16(26-11)27-18)21-15-14(13)22-17(2,3)23-15/h4-7,11-15H,8H2,1-3H3/t11-,12-,13-,14+,15-/m0/s1. The fourth-order valence-electron chi connectivity index (χ4n) is 3.37. The van der Waals surface area contributed by atoms with E-state index in [0.717, 1.165) is 5.56 Å². The zero-order chi connectivity index (χ0) is 20.1. The molecule has 0 spiro atoms. The maximum absolute atomic E-state index is 12.9. The van der Waals surface area contributed by atoms with E-state index in [-0.39, 0.29) is 10.1 Å². The first-order chi connectivity index (χ1) is 13.2. The average molecular weight is 465 g/mol. The Kier molecular flexibility index (Phi) is 5.73. The van der Waals surface area contributed by atoms with E-state index < -0.39 is 40.5 Å². The molecule has 0 saturated carbocycles. The van der Waals surface area contributed by atoms with Crippen molar-refractivity contribution in [2.24, 2.45) is 0 Å². The average Bonchev–Trinajstić information content (AvgIpc) is 3.29. The Labute approximate surface area is 176 Å². The molecule has 0 aromatic heterocycles. The van der Waals surface area contributed by atoms with Crippen molar-refractivity contribution in [3.05, 3.63) is 29.8 Å². The van der Waals surface area contributed by atoms with E-state index in [1.54, 1.807) is 26.0 Å². The zero-order valence-corrected chi connectivity index (χ0v) is 18.7. The van der Waals surface area contributed by atoms with Gasteiger partial charge in [-0.3, -0.25) is 4.18 Å². The highest BCUT2D eigenvalue weighted by Crippen LogP contribution is 2.45. The van der Waals surface area contributed by atoms with Crippen molar-refractivity contribution in [3.8, 4) is 0 Å². The predicted molar refractivity (Wildman–Crippen MR) is 109 cm³/mol. The van der Waals surface area contributed by atoms with Crippen LogP contribution >= 0.6 is 23.5 Å². The minimum Gasteiger partial charge on any atom is -0.342 e. The van der Waals surface area contributed by atoms with Gasteiger partial charge in [0.1, 0.15) is 33.1 Å². The van der Waals surface area contributed by atoms with Crippen LogP contribution in [0.1, 0.15) is 19.4 Å². The van der Waals surface area contributed by atoms with E-state index in [2.05, 4.69) is 0 Å². The number of hydrogen-bond acceptors (Lipinski definition) is 9. The van der Waals surface area contributed by atoms with Crippen LogP contribution in [0.4, 0.5) is 0 Å². The molecule has 3 saturated heterocycles. The molecule has 4 rings (SSSR count). The lowest BCUT2D eigenvalue weighted by Crippen LogP contribution is -2.43. The molecule has 28 heavy (non-hydrogen) atoms. The Balaban J connectivity index is 1.61. The summed E-state index contributed by atoms with van der Waals surface area (Å²) >= 11 is 3.28. The first-order valence-electron chi connectivity index (χ1n) is 8.66. The number of fused-ring (bicyclic) bond motifs is 1. The first-order valence-corrected chi connectivity index (χ1v) is 12.7. The molecule has 0 unspecified atom stereocenters. The maximum atomic E-state index is 12.9. The van der Waals surface area contributed by atoms with Crippen molar-refractivity contribution >= 4 is 48.4 Å². The molecule has 0 radical (unpaired) electrons. The van der Waals surface area contributed by atoms with Crippen LogP contribution in [-0.4, -0.2) is 57.5 Å². The van der Waals surface area contributed by atoms with Gasteiger partial charge in [0.2, 0.25) is 0 Å². The van der Waals surface area contributed by atoms with Gasteiger partial charge in [-0.1, -0.05) is 29.5 Å². The second-order valence-electron chi connectivity index (χ2n) is 7.20. The lowest BCUT2D eigenvalue weighted by molar-refractivity contribution is -0.212. The van der Waals surface area contributed by atoms with Crippen molar-refractivity contribution in [2.45, 2.75) is 61.3 Å². The fourth-order valence-corrected chi connectivity index (χ4v) is 7.80. The van der Waals surface area contributed by atoms with Gasteiger partial charge in [-0.2, -0.15) is 8.42 Å². The maximum Gasteiger partial charge on any atom is 0.297 e. The second kappa shape index (κ2) is 7.69. The van der Waals surface area contributed by atoms with Gasteiger partial charge in [0.25, 0.3) is 10.1 Å². The third-order valence-electron chi connectivity index (χ3n) is 4.62. The Morgan fingerprint density at radius 2 is 1.89 bits per heavy atom. The van der Waals surface area contributed by atoms with Gasteiger partial charge < -0.3 is 14.2 Å². The van der Waals surface area contributed by atoms with Gasteiger partial charge >= 0.3 is 0 Å². The van der Waals surface area contributed by atoms with Gasteiger partial charge in [-0.05, 0) is 32.9 Å². The lowest BCUT2D eigenvalue weighted by Gasteiger charge is -2.27. The summed E-state index contributed by atoms with van der Waals surface area (Å²) in [7, 11) is -4.02. The molecule has 3 aliphatic heterocycles. The molecule has 11 heteroatoms. The van der Waals surface area contributed by atoms with E-state index >= 15 is 0 Å². The minimum absolute atomic E-state index is 0.0780. The summed E-state index contributed by atoms with van der Waals surface area (Å²) in [6, 6.07) is 6.47. The van der Waals surface area contributed by atoms with E-state index in [9.17, 15) is 12.6 Å². The Morgan fingerprint density at radius 1 is 1.18 bits per heavy atom. The molecule has 0 bridgehead atoms. The Morgan fingerprint density at radius 3 is 2.54 bits per heavy atom. The third kappa shape index (κ3) is 4.08. The SMILES string of the molecule is Cc1ccc(S(=O)(=O)O[C@H]2[C@H]([C@@H]3CSC(=S=O)S3)O[C@H]3OC(C)(C)O[C@@H]32)cc1. The highest BCUT2D eigenvalue weighted by atomic mass is 32.2. The van der Waals surface area contributed by atoms with Gasteiger partial charge in [-0.15, -0.1) is 11.8 Å². The first kappa shape index (κ1) is 20.9. The molecule has 0 N–H and O–H groups in total. The molecule has 0 amide bonds. The molecule has 5 atom stereocenters. The van der Waals surface area contributed by atoms with Crippen LogP contribution in [0.2, 0.25) is 0 Å². The highest BCUT2D eigenvalue weighted by Gasteiger charge is 2.59. The molecule has 154 valence electrons. The summed E-state index contributed by atoms with van der Waals surface area (Å²) in [6.07, 6.45) is -2.83. The van der Waals surface area contributed by atoms with Gasteiger partial charge in [-0.25, -0.2) is 4.21 Å². The van der Waals surface area contributed by atoms with E-state index in [1.165, 1.54) is 35.7 Å². The summed E-state index contributed by atoms with van der Waals surface area (Å²) in [6.45, 7) is 5.37. The summed E-state index contributed by atoms with van der Waals surface area (Å²) in [5.74, 6) is -0.261. The molecule has 0 aliphatic carbocycles. The molecule has 1 aromatic rings. The van der Waals surface area contributed by atoms with Crippen molar-refractivity contribution in [2.75, 3.05) is 5.75 Å². The summed E-state index contributed by atoms with van der Waals surface area (Å²) in [4.78, 5) is 0.0780. The molecule has 3 heterocycles. The van der Waals surface area contributed by atoms with Crippen LogP contribution in [-0.2, 0) is 39.8 Å². The van der Waals surface area contributed by atoms with Gasteiger partial charge in [0.05, 0.1) is 4.90 Å². The van der Waals surface area contributed by atoms with Crippen LogP contribution in [0, 0.1) is 6.92 Å². The number of benzene rings is 1. The molecule has 3 fully saturated rings. The van der Waals surface area contributed by atoms with Crippen molar-refractivity contribution in [1.82, 2.24) is 0 Å². The van der Waals surface area contributed by atoms with Crippen LogP contribution in [0.15, 0.2) is 29.2 Å². The van der Waals surface area contributed by atoms with Crippen molar-refractivity contribution in [3.63, 3.8) is 0 Å². The second-order valence-corrected chi connectivity index (χ2v) is 12.4. The van der Waals surface area contributed by atoms with E-state index in [0.29, 0.717) is 20.5 Å². The van der Waals surface area contributed by atoms with Crippen LogP contribution in [0.5, 0.6) is 0 Å². The predicted octanol–water partition coefficient (Wildman–Crippen LogP) is 2.09. The van der Waals surface area contributed by atoms with Crippen LogP contribution < -0.4 is 0 Å². The van der Waals surface area contributed by atoms with E-state index in [1.807, 2.05) is 6.92 Å². The highest BCUT2D eigenvalue weighted by molar-refractivity contribution is 8.48. The van der Waals surface area contributed by atoms with Crippen molar-refractivity contribution < 1.29 is 31.0 Å². The molecular formula is C17H20O7S4. The number of ether oxygens (including phenoxy) is 3. The van der Waals surface area contributed by atoms with Gasteiger partial charge in [0.15, 0.2) is 12.1 Å². The molecule has 7 nitrogen and oxygen atoms in total. The fraction of sp³-hybridized carbons (Fsp3) is 0.588. The largest absolute Gasteiger partial charge is 0.342 e. The summed E-state index contributed by atoms with van der Waals surface area (Å²) in [5, 5.41) is -0.124. The lowest BCUT2D eigenvalue weighted by atomic mass is 10.1. The number of rotatable bonds is 4. The third-order valence-corrected chi connectivity index (χ3v) is 9.68. The Hall–Kier alpha value is -0.400. The Bertz CT molecular complexity index is 908. The smallest absolute Gasteiger partial charge is 0.297 e. The topological polar surface area (TPSA) is 88.1 Å². The monoisotopic (exact) mass is 464 g/mol. The molecular weight excluding hydrogens is 444 g/mol. The number of hydrogen-bond donors (Lipinski definition) is 0. The molecule has 3 aliphatic rings. The van der Waals surface area contributed by atoms with Crippen molar-refractivity contribution in [1.29, 1.82) is 0 Å². The summed E-state index contributed by atoms with van der Waals surface area (Å²) < 4.78 is 60.9. The number of aryl methyl sites for hydroxylation is 1. The number of thioether (sulfide) groups is 2. The van der Waals surface area contributed by atoms with Gasteiger partial charge in [0, 0.05) is 11.0 Å². The summed E-state index contributed by atoms with van der Waals surface area (Å²) in [5.41, 5.74) is 0.952. The quantitative estimate of drug-likeness (QED) is 0.491. The molecule has 1 aromatic carbocycles. The van der Waals surface area contributed by atoms with Crippen LogP contribution in [0.25, 0.3) is 0 Å². The minimum atomic E-state index is -4.02.